The van der Waals surface area contributed by atoms with Gasteiger partial charge in [-0.15, -0.1) is 0 Å². The van der Waals surface area contributed by atoms with E-state index in [4.69, 9.17) is 5.26 Å². The van der Waals surface area contributed by atoms with Crippen molar-refractivity contribution in [3.8, 4) is 6.07 Å². The predicted molar refractivity (Wildman–Crippen MR) is 77.6 cm³/mol. The number of rotatable bonds is 3. The quantitative estimate of drug-likeness (QED) is 0.942. The minimum absolute atomic E-state index is 0.0996. The molecule has 0 aliphatic carbocycles. The third kappa shape index (κ3) is 3.94. The van der Waals surface area contributed by atoms with Crippen LogP contribution < -0.4 is 5.32 Å². The van der Waals surface area contributed by atoms with Gasteiger partial charge in [-0.05, 0) is 35.9 Å². The number of amides is 1. The van der Waals surface area contributed by atoms with Gasteiger partial charge in [-0.1, -0.05) is 34.1 Å². The maximum Gasteiger partial charge on any atom is 0.228 e. The van der Waals surface area contributed by atoms with Crippen LogP contribution in [0.5, 0.6) is 0 Å². The number of anilines is 1. The van der Waals surface area contributed by atoms with Crippen LogP contribution in [0.15, 0.2) is 53.0 Å². The Balaban J connectivity index is 2.01. The summed E-state index contributed by atoms with van der Waals surface area (Å²) < 4.78 is 0.985. The first-order valence-electron chi connectivity index (χ1n) is 5.72. The Labute approximate surface area is 120 Å². The van der Waals surface area contributed by atoms with Gasteiger partial charge in [-0.3, -0.25) is 4.79 Å². The zero-order valence-electron chi connectivity index (χ0n) is 10.1. The molecule has 19 heavy (non-hydrogen) atoms. The molecule has 0 bridgehead atoms. The lowest BCUT2D eigenvalue weighted by Gasteiger charge is -2.05. The van der Waals surface area contributed by atoms with Gasteiger partial charge in [0.25, 0.3) is 0 Å². The Morgan fingerprint density at radius 2 is 1.95 bits per heavy atom. The Morgan fingerprint density at radius 1 is 1.21 bits per heavy atom. The second kappa shape index (κ2) is 6.17. The molecule has 0 heterocycles. The van der Waals surface area contributed by atoms with E-state index in [0.717, 1.165) is 10.0 Å². The average molecular weight is 315 g/mol. The third-order valence-corrected chi connectivity index (χ3v) is 3.08. The number of carbonyl (C=O) groups excluding carboxylic acids is 1. The van der Waals surface area contributed by atoms with Crippen molar-refractivity contribution in [1.82, 2.24) is 0 Å². The van der Waals surface area contributed by atoms with E-state index >= 15 is 0 Å². The van der Waals surface area contributed by atoms with Crippen molar-refractivity contribution >= 4 is 27.5 Å². The molecule has 0 unspecified atom stereocenters. The molecule has 1 amide bonds. The van der Waals surface area contributed by atoms with Gasteiger partial charge < -0.3 is 5.32 Å². The number of hydrogen-bond acceptors (Lipinski definition) is 2. The summed E-state index contributed by atoms with van der Waals surface area (Å²) in [7, 11) is 0. The largest absolute Gasteiger partial charge is 0.326 e. The summed E-state index contributed by atoms with van der Waals surface area (Å²) in [6.45, 7) is 0. The van der Waals surface area contributed by atoms with E-state index in [0.29, 0.717) is 17.7 Å². The van der Waals surface area contributed by atoms with Gasteiger partial charge in [0.15, 0.2) is 0 Å². The minimum atomic E-state index is -0.0996. The highest BCUT2D eigenvalue weighted by molar-refractivity contribution is 9.10. The standard InChI is InChI=1S/C15H11BrN2O/c16-13-6-4-11(5-7-13)9-15(19)18-14-3-1-2-12(8-14)10-17/h1-8H,9H2,(H,18,19). The topological polar surface area (TPSA) is 52.9 Å². The Hall–Kier alpha value is -2.12. The molecule has 0 fully saturated rings. The number of nitrogens with one attached hydrogen (secondary N) is 1. The summed E-state index contributed by atoms with van der Waals surface area (Å²) in [5, 5.41) is 11.6. The van der Waals surface area contributed by atoms with E-state index in [2.05, 4.69) is 21.2 Å². The average Bonchev–Trinajstić information content (AvgIpc) is 2.41. The fourth-order valence-corrected chi connectivity index (χ4v) is 1.92. The fraction of sp³-hybridized carbons (Fsp3) is 0.0667. The van der Waals surface area contributed by atoms with Crippen molar-refractivity contribution < 1.29 is 4.79 Å². The van der Waals surface area contributed by atoms with Gasteiger partial charge in [0.2, 0.25) is 5.91 Å². The summed E-state index contributed by atoms with van der Waals surface area (Å²) in [5.41, 5.74) is 2.11. The second-order valence-electron chi connectivity index (χ2n) is 4.04. The minimum Gasteiger partial charge on any atom is -0.326 e. The van der Waals surface area contributed by atoms with E-state index in [1.807, 2.05) is 30.3 Å². The molecule has 1 N–H and O–H groups in total. The van der Waals surface area contributed by atoms with Crippen molar-refractivity contribution in [3.05, 3.63) is 64.1 Å². The van der Waals surface area contributed by atoms with Crippen molar-refractivity contribution in [2.45, 2.75) is 6.42 Å². The normalized spacial score (nSPS) is 9.68. The number of nitriles is 1. The van der Waals surface area contributed by atoms with Gasteiger partial charge >= 0.3 is 0 Å². The number of halogens is 1. The molecule has 0 aliphatic heterocycles. The van der Waals surface area contributed by atoms with Crippen LogP contribution in [0.1, 0.15) is 11.1 Å². The van der Waals surface area contributed by atoms with Gasteiger partial charge in [0.05, 0.1) is 18.1 Å². The predicted octanol–water partition coefficient (Wildman–Crippen LogP) is 3.50. The summed E-state index contributed by atoms with van der Waals surface area (Å²) in [5.74, 6) is -0.0996. The maximum absolute atomic E-state index is 11.9. The van der Waals surface area contributed by atoms with Crippen molar-refractivity contribution in [2.75, 3.05) is 5.32 Å². The van der Waals surface area contributed by atoms with Crippen LogP contribution in [0, 0.1) is 11.3 Å². The molecule has 0 spiro atoms. The highest BCUT2D eigenvalue weighted by Gasteiger charge is 2.04. The molecule has 0 atom stereocenters. The molecule has 2 aromatic carbocycles. The molecule has 4 heteroatoms. The van der Waals surface area contributed by atoms with Crippen LogP contribution in [-0.2, 0) is 11.2 Å². The van der Waals surface area contributed by atoms with Crippen LogP contribution in [0.2, 0.25) is 0 Å². The first-order chi connectivity index (χ1) is 9.17. The van der Waals surface area contributed by atoms with E-state index in [-0.39, 0.29) is 5.91 Å². The van der Waals surface area contributed by atoms with E-state index in [9.17, 15) is 4.79 Å². The van der Waals surface area contributed by atoms with E-state index < -0.39 is 0 Å². The third-order valence-electron chi connectivity index (χ3n) is 2.55. The molecule has 0 radical (unpaired) electrons. The van der Waals surface area contributed by atoms with Crippen LogP contribution >= 0.6 is 15.9 Å². The van der Waals surface area contributed by atoms with Crippen molar-refractivity contribution in [2.24, 2.45) is 0 Å². The number of hydrogen-bond donors (Lipinski definition) is 1. The first-order valence-corrected chi connectivity index (χ1v) is 6.51. The lowest BCUT2D eigenvalue weighted by Crippen LogP contribution is -2.14. The van der Waals surface area contributed by atoms with Crippen molar-refractivity contribution in [3.63, 3.8) is 0 Å². The smallest absolute Gasteiger partial charge is 0.228 e. The Bertz CT molecular complexity index is 629. The van der Waals surface area contributed by atoms with Crippen LogP contribution in [0.4, 0.5) is 5.69 Å². The summed E-state index contributed by atoms with van der Waals surface area (Å²) in [6.07, 6.45) is 0.310. The molecular formula is C15H11BrN2O. The lowest BCUT2D eigenvalue weighted by molar-refractivity contribution is -0.115. The van der Waals surface area contributed by atoms with Gasteiger partial charge in [-0.25, -0.2) is 0 Å². The molecule has 0 aromatic heterocycles. The zero-order valence-corrected chi connectivity index (χ0v) is 11.6. The number of benzene rings is 2. The molecule has 3 nitrogen and oxygen atoms in total. The molecule has 0 aliphatic rings. The molecular weight excluding hydrogens is 304 g/mol. The number of nitrogens with zero attached hydrogens (tertiary/aromatic N) is 1. The monoisotopic (exact) mass is 314 g/mol. The van der Waals surface area contributed by atoms with E-state index in [1.165, 1.54) is 0 Å². The first kappa shape index (κ1) is 13.3. The Morgan fingerprint density at radius 3 is 2.63 bits per heavy atom. The number of carbonyl (C=O) groups is 1. The second-order valence-corrected chi connectivity index (χ2v) is 4.96. The van der Waals surface area contributed by atoms with Gasteiger partial charge in [-0.2, -0.15) is 5.26 Å². The molecule has 0 saturated carbocycles. The van der Waals surface area contributed by atoms with Gasteiger partial charge in [0.1, 0.15) is 0 Å². The van der Waals surface area contributed by atoms with E-state index in [1.54, 1.807) is 24.3 Å². The molecule has 2 aromatic rings. The van der Waals surface area contributed by atoms with Gasteiger partial charge in [0, 0.05) is 10.2 Å². The maximum atomic E-state index is 11.9. The van der Waals surface area contributed by atoms with Crippen LogP contribution in [0.3, 0.4) is 0 Å². The zero-order chi connectivity index (χ0) is 13.7. The summed E-state index contributed by atoms with van der Waals surface area (Å²) >= 11 is 3.35. The molecule has 0 saturated heterocycles. The van der Waals surface area contributed by atoms with Crippen LogP contribution in [-0.4, -0.2) is 5.91 Å². The fourth-order valence-electron chi connectivity index (χ4n) is 1.66. The summed E-state index contributed by atoms with van der Waals surface area (Å²) in [4.78, 5) is 11.9. The lowest BCUT2D eigenvalue weighted by atomic mass is 10.1. The molecule has 2 rings (SSSR count). The highest BCUT2D eigenvalue weighted by Crippen LogP contribution is 2.13. The molecule has 94 valence electrons. The Kier molecular flexibility index (Phi) is 4.32. The SMILES string of the molecule is N#Cc1cccc(NC(=O)Cc2ccc(Br)cc2)c1. The highest BCUT2D eigenvalue weighted by atomic mass is 79.9. The summed E-state index contributed by atoms with van der Waals surface area (Å²) in [6, 6.07) is 16.5. The van der Waals surface area contributed by atoms with Crippen molar-refractivity contribution in [1.29, 1.82) is 5.26 Å². The van der Waals surface area contributed by atoms with Crippen LogP contribution in [0.25, 0.3) is 0 Å².